The minimum atomic E-state index is 0.196. The highest BCUT2D eigenvalue weighted by Gasteiger charge is 2.25. The zero-order valence-electron chi connectivity index (χ0n) is 30.1. The van der Waals surface area contributed by atoms with Gasteiger partial charge in [-0.3, -0.25) is 0 Å². The highest BCUT2D eigenvalue weighted by molar-refractivity contribution is 6.30. The van der Waals surface area contributed by atoms with Crippen LogP contribution in [0.1, 0.15) is 0 Å². The summed E-state index contributed by atoms with van der Waals surface area (Å²) in [6, 6.07) is 53.0. The molecular weight excluding hydrogens is 685 g/mol. The molecule has 11 aromatic rings. The molecule has 1 aliphatic heterocycles. The van der Waals surface area contributed by atoms with E-state index in [-0.39, 0.29) is 6.04 Å². The molecule has 262 valence electrons. The number of furan rings is 1. The largest absolute Gasteiger partial charge is 0.456 e. The number of allylic oxidation sites excluding steroid dienone is 4. The summed E-state index contributed by atoms with van der Waals surface area (Å²) in [6.07, 6.45) is 13.1. The fourth-order valence-electron chi connectivity index (χ4n) is 9.81. The molecule has 0 bridgehead atoms. The van der Waals surface area contributed by atoms with Crippen molar-refractivity contribution in [3.63, 3.8) is 0 Å². The van der Waals surface area contributed by atoms with E-state index in [1.54, 1.807) is 0 Å². The Hall–Kier alpha value is -7.50. The van der Waals surface area contributed by atoms with Crippen molar-refractivity contribution >= 4 is 93.1 Å². The summed E-state index contributed by atoms with van der Waals surface area (Å²) in [7, 11) is 0. The molecule has 1 aliphatic carbocycles. The lowest BCUT2D eigenvalue weighted by Gasteiger charge is -2.24. The summed E-state index contributed by atoms with van der Waals surface area (Å²) in [5.74, 6) is 0. The second-order valence-electron chi connectivity index (χ2n) is 14.9. The number of aromatic nitrogens is 3. The molecule has 7 aromatic carbocycles. The van der Waals surface area contributed by atoms with Gasteiger partial charge in [0.1, 0.15) is 11.2 Å². The molecule has 13 rings (SSSR count). The summed E-state index contributed by atoms with van der Waals surface area (Å²) >= 11 is 0. The van der Waals surface area contributed by atoms with Crippen LogP contribution < -0.4 is 5.32 Å². The van der Waals surface area contributed by atoms with Gasteiger partial charge in [-0.25, -0.2) is 0 Å². The van der Waals surface area contributed by atoms with Crippen molar-refractivity contribution in [2.75, 3.05) is 0 Å². The Morgan fingerprint density at radius 2 is 0.964 bits per heavy atom. The molecule has 0 saturated carbocycles. The van der Waals surface area contributed by atoms with Crippen LogP contribution in [0.25, 0.3) is 104 Å². The number of dihydropyridines is 1. The van der Waals surface area contributed by atoms with E-state index < -0.39 is 0 Å². The van der Waals surface area contributed by atoms with Crippen molar-refractivity contribution in [3.8, 4) is 11.4 Å². The standard InChI is InChI=1S/C51H32N4O/c1-6-18-37-31(13-1)29-32(30-52-37)53-38-19-7-3-15-34(38)50-44(53)27-28-45-51(50)35-16-4-9-21-40(35)55(45)42-23-11-22-41-48(42)33-14-2-8-20-39(33)54(41)43-24-12-26-47-49(43)36-17-5-10-25-46(36)56-47/h1-30,37,52H. The van der Waals surface area contributed by atoms with Crippen LogP contribution >= 0.6 is 0 Å². The first kappa shape index (κ1) is 29.9. The number of rotatable bonds is 3. The molecule has 56 heavy (non-hydrogen) atoms. The van der Waals surface area contributed by atoms with E-state index in [0.29, 0.717) is 0 Å². The van der Waals surface area contributed by atoms with Gasteiger partial charge >= 0.3 is 0 Å². The van der Waals surface area contributed by atoms with E-state index in [1.807, 2.05) is 6.07 Å². The molecule has 5 nitrogen and oxygen atoms in total. The molecule has 0 fully saturated rings. The minimum Gasteiger partial charge on any atom is -0.456 e. The average Bonchev–Trinajstić information content (AvgIpc) is 4.00. The quantitative estimate of drug-likeness (QED) is 0.198. The van der Waals surface area contributed by atoms with Gasteiger partial charge < -0.3 is 23.4 Å². The number of para-hydroxylation sites is 4. The molecule has 0 amide bonds. The third-order valence-electron chi connectivity index (χ3n) is 12.1. The van der Waals surface area contributed by atoms with Gasteiger partial charge in [-0.05, 0) is 72.3 Å². The highest BCUT2D eigenvalue weighted by Crippen LogP contribution is 2.45. The summed E-state index contributed by atoms with van der Waals surface area (Å²) in [6.45, 7) is 0. The number of nitrogens with zero attached hydrogens (tertiary/aromatic N) is 3. The SMILES string of the molecule is C1=CC2=CC(n3c4ccccc4c4c5c6ccccc6n(-c6cccc7c6c6ccccc6n7-c6cccc7oc8ccccc8c67)c5ccc43)=CNC2C=C1. The number of benzene rings is 7. The summed E-state index contributed by atoms with van der Waals surface area (Å²) in [5, 5.41) is 13.3. The second-order valence-corrected chi connectivity index (χ2v) is 14.9. The average molecular weight is 717 g/mol. The lowest BCUT2D eigenvalue weighted by molar-refractivity contribution is 0.669. The van der Waals surface area contributed by atoms with E-state index in [2.05, 4.69) is 195 Å². The Morgan fingerprint density at radius 1 is 0.429 bits per heavy atom. The van der Waals surface area contributed by atoms with Crippen LogP contribution in [0, 0.1) is 0 Å². The Morgan fingerprint density at radius 3 is 1.70 bits per heavy atom. The normalized spacial score (nSPS) is 15.5. The lowest BCUT2D eigenvalue weighted by Crippen LogP contribution is -2.28. The van der Waals surface area contributed by atoms with E-state index in [4.69, 9.17) is 4.42 Å². The smallest absolute Gasteiger partial charge is 0.137 e. The third kappa shape index (κ3) is 3.88. The molecule has 0 radical (unpaired) electrons. The van der Waals surface area contributed by atoms with Crippen LogP contribution in [-0.2, 0) is 0 Å². The van der Waals surface area contributed by atoms with Crippen molar-refractivity contribution in [1.82, 2.24) is 19.0 Å². The number of hydrogen-bond acceptors (Lipinski definition) is 2. The Balaban J connectivity index is 1.13. The van der Waals surface area contributed by atoms with Gasteiger partial charge in [0.15, 0.2) is 0 Å². The fraction of sp³-hybridized carbons (Fsp3) is 0.0196. The maximum Gasteiger partial charge on any atom is 0.137 e. The van der Waals surface area contributed by atoms with Gasteiger partial charge in [0.2, 0.25) is 0 Å². The maximum atomic E-state index is 6.39. The van der Waals surface area contributed by atoms with Gasteiger partial charge in [-0.2, -0.15) is 0 Å². The number of hydrogen-bond donors (Lipinski definition) is 1. The number of fused-ring (bicyclic) bond motifs is 14. The van der Waals surface area contributed by atoms with Gasteiger partial charge in [0.05, 0.1) is 61.6 Å². The van der Waals surface area contributed by atoms with Crippen LogP contribution in [-0.4, -0.2) is 19.7 Å². The Bertz CT molecular complexity index is 3630. The van der Waals surface area contributed by atoms with Gasteiger partial charge in [0.25, 0.3) is 0 Å². The van der Waals surface area contributed by atoms with E-state index in [0.717, 1.165) is 50.0 Å². The van der Waals surface area contributed by atoms with Crippen LogP contribution in [0.5, 0.6) is 0 Å². The van der Waals surface area contributed by atoms with Gasteiger partial charge in [0, 0.05) is 43.9 Å². The molecule has 1 atom stereocenters. The summed E-state index contributed by atoms with van der Waals surface area (Å²) in [4.78, 5) is 0. The molecule has 4 aromatic heterocycles. The first-order valence-electron chi connectivity index (χ1n) is 19.2. The van der Waals surface area contributed by atoms with Crippen LogP contribution in [0.4, 0.5) is 0 Å². The molecular formula is C51H32N4O. The minimum absolute atomic E-state index is 0.196. The predicted octanol–water partition coefficient (Wildman–Crippen LogP) is 12.7. The molecule has 0 spiro atoms. The van der Waals surface area contributed by atoms with Gasteiger partial charge in [-0.1, -0.05) is 109 Å². The topological polar surface area (TPSA) is 40.0 Å². The van der Waals surface area contributed by atoms with Crippen molar-refractivity contribution in [2.24, 2.45) is 0 Å². The zero-order valence-corrected chi connectivity index (χ0v) is 30.1. The molecule has 5 heterocycles. The molecule has 1 N–H and O–H groups in total. The summed E-state index contributed by atoms with van der Waals surface area (Å²) < 4.78 is 13.7. The third-order valence-corrected chi connectivity index (χ3v) is 12.1. The lowest BCUT2D eigenvalue weighted by atomic mass is 9.99. The molecule has 1 unspecified atom stereocenters. The van der Waals surface area contributed by atoms with E-state index in [9.17, 15) is 0 Å². The maximum absolute atomic E-state index is 6.39. The fourth-order valence-corrected chi connectivity index (χ4v) is 9.81. The van der Waals surface area contributed by atoms with Crippen molar-refractivity contribution in [3.05, 3.63) is 188 Å². The molecule has 0 saturated heterocycles. The van der Waals surface area contributed by atoms with E-state index >= 15 is 0 Å². The first-order valence-corrected chi connectivity index (χ1v) is 19.2. The van der Waals surface area contributed by atoms with Crippen molar-refractivity contribution in [1.29, 1.82) is 0 Å². The first-order chi connectivity index (χ1) is 27.8. The van der Waals surface area contributed by atoms with Crippen LogP contribution in [0.15, 0.2) is 192 Å². The molecule has 2 aliphatic rings. The zero-order chi connectivity index (χ0) is 36.5. The second kappa shape index (κ2) is 11.0. The Kier molecular flexibility index (Phi) is 5.89. The monoisotopic (exact) mass is 716 g/mol. The van der Waals surface area contributed by atoms with Crippen LogP contribution in [0.3, 0.4) is 0 Å². The summed E-state index contributed by atoms with van der Waals surface area (Å²) in [5.41, 5.74) is 13.5. The van der Waals surface area contributed by atoms with Crippen molar-refractivity contribution in [2.45, 2.75) is 6.04 Å². The van der Waals surface area contributed by atoms with Gasteiger partial charge in [-0.15, -0.1) is 0 Å². The molecule has 5 heteroatoms. The number of nitrogens with one attached hydrogen (secondary N) is 1. The highest BCUT2D eigenvalue weighted by atomic mass is 16.3. The van der Waals surface area contributed by atoms with E-state index in [1.165, 1.54) is 60.0 Å². The predicted molar refractivity (Wildman–Crippen MR) is 233 cm³/mol. The Labute approximate surface area is 320 Å². The van der Waals surface area contributed by atoms with Crippen molar-refractivity contribution < 1.29 is 4.42 Å². The van der Waals surface area contributed by atoms with Crippen LogP contribution in [0.2, 0.25) is 0 Å².